The number of aryl methyl sites for hydroxylation is 1. The standard InChI is InChI=1S/C8H13N3O.ClH/c1-7-6-8(10-12-7)11-4-2-9-3-5-11;/h6,9H,2-5H2,1H3;1H. The van der Waals surface area contributed by atoms with Crippen LogP contribution in [0.15, 0.2) is 10.6 Å². The molecular formula is C8H14ClN3O. The molecule has 0 saturated carbocycles. The van der Waals surface area contributed by atoms with E-state index in [0.717, 1.165) is 37.8 Å². The monoisotopic (exact) mass is 203 g/mol. The minimum atomic E-state index is 0. The van der Waals surface area contributed by atoms with Crippen molar-refractivity contribution in [1.29, 1.82) is 0 Å². The number of nitrogens with zero attached hydrogens (tertiary/aromatic N) is 2. The Balaban J connectivity index is 0.000000845. The van der Waals surface area contributed by atoms with Gasteiger partial charge in [0.2, 0.25) is 0 Å². The van der Waals surface area contributed by atoms with Crippen LogP contribution in [0.1, 0.15) is 5.76 Å². The molecule has 4 nitrogen and oxygen atoms in total. The summed E-state index contributed by atoms with van der Waals surface area (Å²) >= 11 is 0. The first-order valence-corrected chi connectivity index (χ1v) is 4.25. The van der Waals surface area contributed by atoms with Crippen LogP contribution in [0.2, 0.25) is 0 Å². The van der Waals surface area contributed by atoms with Gasteiger partial charge in [-0.1, -0.05) is 5.16 Å². The van der Waals surface area contributed by atoms with Crippen LogP contribution in [0, 0.1) is 6.92 Å². The zero-order valence-corrected chi connectivity index (χ0v) is 8.43. The van der Waals surface area contributed by atoms with E-state index in [2.05, 4.69) is 15.4 Å². The lowest BCUT2D eigenvalue weighted by Gasteiger charge is -2.26. The Kier molecular flexibility index (Phi) is 3.57. The molecule has 5 heteroatoms. The predicted molar refractivity (Wildman–Crippen MR) is 53.6 cm³/mol. The first-order valence-electron chi connectivity index (χ1n) is 4.25. The van der Waals surface area contributed by atoms with Crippen LogP contribution in [0.25, 0.3) is 0 Å². The molecule has 1 aliphatic rings. The fraction of sp³-hybridized carbons (Fsp3) is 0.625. The molecule has 0 atom stereocenters. The summed E-state index contributed by atoms with van der Waals surface area (Å²) in [6, 6.07) is 1.98. The van der Waals surface area contributed by atoms with Crippen LogP contribution in [0.3, 0.4) is 0 Å². The van der Waals surface area contributed by atoms with E-state index < -0.39 is 0 Å². The lowest BCUT2D eigenvalue weighted by molar-refractivity contribution is 0.395. The lowest BCUT2D eigenvalue weighted by atomic mass is 10.3. The molecule has 0 bridgehead atoms. The van der Waals surface area contributed by atoms with E-state index in [4.69, 9.17) is 4.52 Å². The van der Waals surface area contributed by atoms with Gasteiger partial charge in [-0.15, -0.1) is 12.4 Å². The number of anilines is 1. The van der Waals surface area contributed by atoms with Crippen molar-refractivity contribution in [3.8, 4) is 0 Å². The Labute approximate surface area is 83.7 Å². The number of hydrogen-bond acceptors (Lipinski definition) is 4. The minimum Gasteiger partial charge on any atom is -0.360 e. The average Bonchev–Trinajstić information content (AvgIpc) is 2.54. The van der Waals surface area contributed by atoms with Crippen LogP contribution in [0.5, 0.6) is 0 Å². The van der Waals surface area contributed by atoms with Gasteiger partial charge in [0.15, 0.2) is 5.82 Å². The van der Waals surface area contributed by atoms with E-state index in [-0.39, 0.29) is 12.4 Å². The highest BCUT2D eigenvalue weighted by molar-refractivity contribution is 5.85. The van der Waals surface area contributed by atoms with Crippen molar-refractivity contribution < 1.29 is 4.52 Å². The molecule has 2 rings (SSSR count). The van der Waals surface area contributed by atoms with Crippen molar-refractivity contribution in [1.82, 2.24) is 10.5 Å². The summed E-state index contributed by atoms with van der Waals surface area (Å²) in [6.45, 7) is 6.02. The summed E-state index contributed by atoms with van der Waals surface area (Å²) in [5.41, 5.74) is 0. The van der Waals surface area contributed by atoms with Gasteiger partial charge in [-0.25, -0.2) is 0 Å². The fourth-order valence-corrected chi connectivity index (χ4v) is 1.40. The maximum Gasteiger partial charge on any atom is 0.172 e. The van der Waals surface area contributed by atoms with E-state index >= 15 is 0 Å². The lowest BCUT2D eigenvalue weighted by Crippen LogP contribution is -2.43. The summed E-state index contributed by atoms with van der Waals surface area (Å²) in [7, 11) is 0. The van der Waals surface area contributed by atoms with Crippen molar-refractivity contribution in [2.24, 2.45) is 0 Å². The van der Waals surface area contributed by atoms with Crippen LogP contribution in [0.4, 0.5) is 5.82 Å². The van der Waals surface area contributed by atoms with Gasteiger partial charge in [-0.2, -0.15) is 0 Å². The smallest absolute Gasteiger partial charge is 0.172 e. The second-order valence-corrected chi connectivity index (χ2v) is 3.03. The van der Waals surface area contributed by atoms with Gasteiger partial charge in [0.05, 0.1) is 0 Å². The summed E-state index contributed by atoms with van der Waals surface area (Å²) in [6.07, 6.45) is 0. The second kappa shape index (κ2) is 4.48. The number of nitrogens with one attached hydrogen (secondary N) is 1. The van der Waals surface area contributed by atoms with Gasteiger partial charge in [0.25, 0.3) is 0 Å². The Hall–Kier alpha value is -0.740. The summed E-state index contributed by atoms with van der Waals surface area (Å²) in [5, 5.41) is 7.25. The molecule has 0 unspecified atom stereocenters. The summed E-state index contributed by atoms with van der Waals surface area (Å²) in [4.78, 5) is 2.23. The number of piperazine rings is 1. The highest BCUT2D eigenvalue weighted by atomic mass is 35.5. The molecule has 1 N–H and O–H groups in total. The molecule has 0 spiro atoms. The number of rotatable bonds is 1. The zero-order chi connectivity index (χ0) is 8.39. The van der Waals surface area contributed by atoms with Gasteiger partial charge in [0, 0.05) is 32.2 Å². The molecule has 1 aromatic rings. The number of aromatic nitrogens is 1. The molecule has 1 fully saturated rings. The maximum atomic E-state index is 5.01. The van der Waals surface area contributed by atoms with Crippen molar-refractivity contribution in [3.05, 3.63) is 11.8 Å². The molecule has 0 amide bonds. The van der Waals surface area contributed by atoms with E-state index in [0.29, 0.717) is 0 Å². The van der Waals surface area contributed by atoms with Crippen LogP contribution < -0.4 is 10.2 Å². The van der Waals surface area contributed by atoms with Gasteiger partial charge < -0.3 is 14.7 Å². The predicted octanol–water partition coefficient (Wildman–Crippen LogP) is 0.814. The van der Waals surface area contributed by atoms with E-state index in [1.807, 2.05) is 13.0 Å². The van der Waals surface area contributed by atoms with E-state index in [1.165, 1.54) is 0 Å². The fourth-order valence-electron chi connectivity index (χ4n) is 1.40. The average molecular weight is 204 g/mol. The normalized spacial score (nSPS) is 16.8. The SMILES string of the molecule is Cc1cc(N2CCNCC2)no1.Cl. The van der Waals surface area contributed by atoms with Crippen LogP contribution in [-0.2, 0) is 0 Å². The third kappa shape index (κ3) is 2.35. The molecule has 0 aromatic carbocycles. The maximum absolute atomic E-state index is 5.01. The molecule has 1 saturated heterocycles. The largest absolute Gasteiger partial charge is 0.360 e. The topological polar surface area (TPSA) is 41.3 Å². The van der Waals surface area contributed by atoms with Gasteiger partial charge >= 0.3 is 0 Å². The van der Waals surface area contributed by atoms with Crippen molar-refractivity contribution in [3.63, 3.8) is 0 Å². The van der Waals surface area contributed by atoms with Gasteiger partial charge in [-0.3, -0.25) is 0 Å². The second-order valence-electron chi connectivity index (χ2n) is 3.03. The Morgan fingerprint density at radius 1 is 1.46 bits per heavy atom. The first kappa shape index (κ1) is 10.3. The molecule has 13 heavy (non-hydrogen) atoms. The summed E-state index contributed by atoms with van der Waals surface area (Å²) < 4.78 is 5.01. The quantitative estimate of drug-likeness (QED) is 0.734. The molecule has 0 aliphatic carbocycles. The van der Waals surface area contributed by atoms with E-state index in [9.17, 15) is 0 Å². The van der Waals surface area contributed by atoms with Crippen molar-refractivity contribution in [2.45, 2.75) is 6.92 Å². The molecular weight excluding hydrogens is 190 g/mol. The Bertz CT molecular complexity index is 258. The third-order valence-electron chi connectivity index (χ3n) is 2.06. The number of halogens is 1. The third-order valence-corrected chi connectivity index (χ3v) is 2.06. The van der Waals surface area contributed by atoms with Crippen LogP contribution in [-0.4, -0.2) is 31.3 Å². The Morgan fingerprint density at radius 2 is 2.15 bits per heavy atom. The van der Waals surface area contributed by atoms with E-state index in [1.54, 1.807) is 0 Å². The van der Waals surface area contributed by atoms with Crippen molar-refractivity contribution in [2.75, 3.05) is 31.1 Å². The van der Waals surface area contributed by atoms with Gasteiger partial charge in [0.1, 0.15) is 5.76 Å². The zero-order valence-electron chi connectivity index (χ0n) is 7.62. The summed E-state index contributed by atoms with van der Waals surface area (Å²) in [5.74, 6) is 1.84. The minimum absolute atomic E-state index is 0. The number of hydrogen-bond donors (Lipinski definition) is 1. The molecule has 2 heterocycles. The molecule has 1 aromatic heterocycles. The van der Waals surface area contributed by atoms with Crippen LogP contribution >= 0.6 is 12.4 Å². The van der Waals surface area contributed by atoms with Gasteiger partial charge in [-0.05, 0) is 6.92 Å². The Morgan fingerprint density at radius 3 is 2.69 bits per heavy atom. The highest BCUT2D eigenvalue weighted by Gasteiger charge is 2.13. The molecule has 1 aliphatic heterocycles. The van der Waals surface area contributed by atoms with Crippen molar-refractivity contribution >= 4 is 18.2 Å². The molecule has 0 radical (unpaired) electrons. The highest BCUT2D eigenvalue weighted by Crippen LogP contribution is 2.13. The molecule has 74 valence electrons. The first-order chi connectivity index (χ1) is 5.86.